The first kappa shape index (κ1) is 16.4. The fourth-order valence-electron chi connectivity index (χ4n) is 2.81. The molecule has 1 saturated heterocycles. The molecule has 6 heteroatoms. The lowest BCUT2D eigenvalue weighted by Crippen LogP contribution is -2.48. The number of oxime groups is 1. The molecule has 1 fully saturated rings. The van der Waals surface area contributed by atoms with Crippen LogP contribution in [-0.2, 0) is 4.84 Å². The summed E-state index contributed by atoms with van der Waals surface area (Å²) >= 11 is 0. The number of hydrogen-bond donors (Lipinski definition) is 0. The van der Waals surface area contributed by atoms with Crippen molar-refractivity contribution in [1.29, 1.82) is 0 Å². The number of halogens is 1. The summed E-state index contributed by atoms with van der Waals surface area (Å²) in [5.41, 5.74) is 1.69. The van der Waals surface area contributed by atoms with Crippen LogP contribution >= 0.6 is 0 Å². The normalized spacial score (nSPS) is 16.2. The second-order valence-electron chi connectivity index (χ2n) is 5.68. The first-order valence-electron chi connectivity index (χ1n) is 8.00. The molecule has 2 aromatic rings. The van der Waals surface area contributed by atoms with Gasteiger partial charge in [-0.05, 0) is 24.3 Å². The van der Waals surface area contributed by atoms with E-state index in [4.69, 9.17) is 4.84 Å². The van der Waals surface area contributed by atoms with Crippen molar-refractivity contribution in [2.45, 2.75) is 0 Å². The minimum atomic E-state index is -0.250. The van der Waals surface area contributed by atoms with E-state index in [1.165, 1.54) is 19.2 Å². The van der Waals surface area contributed by atoms with Gasteiger partial charge in [0.05, 0.1) is 0 Å². The Labute approximate surface area is 141 Å². The Balaban J connectivity index is 1.61. The Bertz CT molecular complexity index is 667. The maximum absolute atomic E-state index is 13.1. The van der Waals surface area contributed by atoms with Crippen LogP contribution in [0.1, 0.15) is 5.56 Å². The Hall–Kier alpha value is -2.47. The van der Waals surface area contributed by atoms with Crippen molar-refractivity contribution in [2.24, 2.45) is 5.16 Å². The molecule has 0 N–H and O–H groups in total. The molecular formula is C18H21FN4O. The molecule has 0 spiro atoms. The largest absolute Gasteiger partial charge is 0.399 e. The number of benzene rings is 1. The van der Waals surface area contributed by atoms with Crippen LogP contribution in [0.4, 0.5) is 10.2 Å². The van der Waals surface area contributed by atoms with Crippen LogP contribution in [0.3, 0.4) is 0 Å². The summed E-state index contributed by atoms with van der Waals surface area (Å²) in [7, 11) is 1.53. The predicted molar refractivity (Wildman–Crippen MR) is 92.8 cm³/mol. The highest BCUT2D eigenvalue weighted by atomic mass is 19.1. The van der Waals surface area contributed by atoms with Crippen LogP contribution in [0.2, 0.25) is 0 Å². The summed E-state index contributed by atoms with van der Waals surface area (Å²) < 4.78 is 13.1. The van der Waals surface area contributed by atoms with Gasteiger partial charge >= 0.3 is 0 Å². The molecule has 1 aromatic heterocycles. The molecule has 0 bridgehead atoms. The van der Waals surface area contributed by atoms with E-state index in [1.54, 1.807) is 12.1 Å². The van der Waals surface area contributed by atoms with Crippen molar-refractivity contribution in [3.8, 4) is 0 Å². The highest BCUT2D eigenvalue weighted by Gasteiger charge is 2.20. The van der Waals surface area contributed by atoms with Gasteiger partial charge in [0.2, 0.25) is 0 Å². The van der Waals surface area contributed by atoms with Crippen molar-refractivity contribution in [3.63, 3.8) is 0 Å². The van der Waals surface area contributed by atoms with E-state index in [2.05, 4.69) is 19.9 Å². The van der Waals surface area contributed by atoms with Crippen molar-refractivity contribution < 1.29 is 9.23 Å². The Kier molecular flexibility index (Phi) is 5.38. The Morgan fingerprint density at radius 1 is 1.12 bits per heavy atom. The second kappa shape index (κ2) is 7.88. The lowest BCUT2D eigenvalue weighted by Gasteiger charge is -2.35. The summed E-state index contributed by atoms with van der Waals surface area (Å²) in [6, 6.07) is 12.3. The summed E-state index contributed by atoms with van der Waals surface area (Å²) in [5, 5.41) is 4.12. The van der Waals surface area contributed by atoms with Crippen molar-refractivity contribution >= 4 is 11.5 Å². The van der Waals surface area contributed by atoms with Gasteiger partial charge in [0.1, 0.15) is 24.5 Å². The van der Waals surface area contributed by atoms with Crippen molar-refractivity contribution in [2.75, 3.05) is 44.7 Å². The zero-order valence-corrected chi connectivity index (χ0v) is 13.7. The fourth-order valence-corrected chi connectivity index (χ4v) is 2.81. The third kappa shape index (κ3) is 4.08. The smallest absolute Gasteiger partial charge is 0.128 e. The molecule has 0 aliphatic carbocycles. The topological polar surface area (TPSA) is 41.0 Å². The van der Waals surface area contributed by atoms with Crippen LogP contribution in [0.5, 0.6) is 0 Å². The van der Waals surface area contributed by atoms with Gasteiger partial charge in [-0.25, -0.2) is 9.37 Å². The van der Waals surface area contributed by atoms with E-state index in [0.29, 0.717) is 6.54 Å². The van der Waals surface area contributed by atoms with Gasteiger partial charge in [0.15, 0.2) is 0 Å². The molecule has 1 aliphatic heterocycles. The van der Waals surface area contributed by atoms with Gasteiger partial charge in [-0.1, -0.05) is 23.4 Å². The average molecular weight is 328 g/mol. The van der Waals surface area contributed by atoms with Crippen LogP contribution in [0.15, 0.2) is 53.8 Å². The molecule has 2 heterocycles. The van der Waals surface area contributed by atoms with Gasteiger partial charge in [-0.2, -0.15) is 0 Å². The summed E-state index contributed by atoms with van der Waals surface area (Å²) in [4.78, 5) is 14.0. The molecular weight excluding hydrogens is 307 g/mol. The monoisotopic (exact) mass is 328 g/mol. The van der Waals surface area contributed by atoms with Gasteiger partial charge in [-0.15, -0.1) is 0 Å². The van der Waals surface area contributed by atoms with E-state index < -0.39 is 0 Å². The van der Waals surface area contributed by atoms with Gasteiger partial charge in [0.25, 0.3) is 0 Å². The summed E-state index contributed by atoms with van der Waals surface area (Å²) in [5.74, 6) is 0.765. The van der Waals surface area contributed by atoms with Crippen LogP contribution < -0.4 is 4.90 Å². The fraction of sp³-hybridized carbons (Fsp3) is 0.333. The number of hydrogen-bond acceptors (Lipinski definition) is 5. The summed E-state index contributed by atoms with van der Waals surface area (Å²) in [6.07, 6.45) is 1.82. The number of piperazine rings is 1. The van der Waals surface area contributed by atoms with Crippen LogP contribution in [-0.4, -0.2) is 55.4 Å². The van der Waals surface area contributed by atoms with E-state index in [9.17, 15) is 4.39 Å². The highest BCUT2D eigenvalue weighted by Crippen LogP contribution is 2.13. The van der Waals surface area contributed by atoms with E-state index in [1.807, 2.05) is 24.4 Å². The lowest BCUT2D eigenvalue weighted by atomic mass is 10.1. The maximum Gasteiger partial charge on any atom is 0.128 e. The lowest BCUT2D eigenvalue weighted by molar-refractivity contribution is 0.209. The zero-order valence-electron chi connectivity index (χ0n) is 13.7. The molecule has 0 radical (unpaired) electrons. The van der Waals surface area contributed by atoms with Crippen molar-refractivity contribution in [1.82, 2.24) is 9.88 Å². The van der Waals surface area contributed by atoms with Crippen LogP contribution in [0, 0.1) is 5.82 Å². The van der Waals surface area contributed by atoms with Gasteiger partial charge in [0, 0.05) is 44.5 Å². The average Bonchev–Trinajstić information content (AvgIpc) is 2.63. The third-order valence-corrected chi connectivity index (χ3v) is 4.10. The first-order valence-corrected chi connectivity index (χ1v) is 8.00. The number of rotatable bonds is 5. The molecule has 0 amide bonds. The number of anilines is 1. The quantitative estimate of drug-likeness (QED) is 0.624. The number of nitrogens with zero attached hydrogens (tertiary/aromatic N) is 4. The third-order valence-electron chi connectivity index (χ3n) is 4.10. The Morgan fingerprint density at radius 2 is 1.88 bits per heavy atom. The summed E-state index contributed by atoms with van der Waals surface area (Å²) in [6.45, 7) is 4.35. The maximum atomic E-state index is 13.1. The SMILES string of the molecule is CO/N=C(\CN1CCN(c2ccccn2)CC1)c1ccc(F)cc1. The molecule has 0 saturated carbocycles. The second-order valence-corrected chi connectivity index (χ2v) is 5.68. The minimum absolute atomic E-state index is 0.250. The van der Waals surface area contributed by atoms with E-state index >= 15 is 0 Å². The molecule has 126 valence electrons. The number of aromatic nitrogens is 1. The molecule has 1 aliphatic rings. The number of pyridine rings is 1. The highest BCUT2D eigenvalue weighted by molar-refractivity contribution is 6.01. The van der Waals surface area contributed by atoms with Crippen LogP contribution in [0.25, 0.3) is 0 Å². The predicted octanol–water partition coefficient (Wildman–Crippen LogP) is 2.39. The molecule has 0 unspecified atom stereocenters. The molecule has 0 atom stereocenters. The molecule has 3 rings (SSSR count). The minimum Gasteiger partial charge on any atom is -0.399 e. The Morgan fingerprint density at radius 3 is 2.50 bits per heavy atom. The first-order chi connectivity index (χ1) is 11.8. The molecule has 1 aromatic carbocycles. The standard InChI is InChI=1S/C18H21FN4O/c1-24-21-17(15-5-7-16(19)8-6-15)14-22-10-12-23(13-11-22)18-4-2-3-9-20-18/h2-9H,10-14H2,1H3/b21-17+. The molecule has 24 heavy (non-hydrogen) atoms. The molecule has 5 nitrogen and oxygen atoms in total. The van der Waals surface area contributed by atoms with E-state index in [0.717, 1.165) is 43.3 Å². The van der Waals surface area contributed by atoms with Crippen molar-refractivity contribution in [3.05, 3.63) is 60.0 Å². The zero-order chi connectivity index (χ0) is 16.8. The van der Waals surface area contributed by atoms with E-state index in [-0.39, 0.29) is 5.82 Å². The van der Waals surface area contributed by atoms with Gasteiger partial charge in [-0.3, -0.25) is 4.90 Å². The van der Waals surface area contributed by atoms with Gasteiger partial charge < -0.3 is 9.74 Å².